The van der Waals surface area contributed by atoms with E-state index >= 15 is 0 Å². The zero-order chi connectivity index (χ0) is 6.85. The van der Waals surface area contributed by atoms with Crippen LogP contribution >= 0.6 is 0 Å². The number of nitrogens with one attached hydrogen (secondary N) is 1. The van der Waals surface area contributed by atoms with Crippen LogP contribution in [0.2, 0.25) is 0 Å². The molecular weight excluding hydrogens is 120 g/mol. The van der Waals surface area contributed by atoms with Crippen LogP contribution in [0, 0.1) is 0 Å². The Hall–Kier alpha value is -0.160. The van der Waals surface area contributed by atoms with E-state index in [2.05, 4.69) is 5.32 Å². The average molecular weight is 132 g/mol. The molecule has 0 bridgehead atoms. The molecule has 0 spiro atoms. The minimum absolute atomic E-state index is 0.125. The van der Waals surface area contributed by atoms with Gasteiger partial charge in [-0.15, -0.1) is 0 Å². The van der Waals surface area contributed by atoms with Gasteiger partial charge in [0.1, 0.15) is 0 Å². The van der Waals surface area contributed by atoms with Gasteiger partial charge in [0.25, 0.3) is 0 Å². The first kappa shape index (κ1) is 6.95. The molecule has 1 fully saturated rings. The van der Waals surface area contributed by atoms with E-state index in [9.17, 15) is 0 Å². The lowest BCUT2D eigenvalue weighted by Crippen LogP contribution is -2.39. The molecule has 1 heterocycles. The normalized spacial score (nSPS) is 43.7. The van der Waals surface area contributed by atoms with Crippen LogP contribution in [0.15, 0.2) is 0 Å². The van der Waals surface area contributed by atoms with Gasteiger partial charge in [0.2, 0.25) is 0 Å². The average Bonchev–Trinajstić information content (AvgIpc) is 2.15. The zero-order valence-corrected chi connectivity index (χ0v) is 5.12. The highest BCUT2D eigenvalue weighted by atomic mass is 16.3. The van der Waals surface area contributed by atoms with Crippen molar-refractivity contribution in [3.63, 3.8) is 0 Å². The first-order valence-electron chi connectivity index (χ1n) is 3.05. The van der Waals surface area contributed by atoms with E-state index in [0.29, 0.717) is 13.1 Å². The molecule has 0 aromatic rings. The lowest BCUT2D eigenvalue weighted by Gasteiger charge is -2.12. The lowest BCUT2D eigenvalue weighted by atomic mass is 10.1. The van der Waals surface area contributed by atoms with Crippen LogP contribution < -0.4 is 11.1 Å². The number of rotatable bonds is 1. The summed E-state index contributed by atoms with van der Waals surface area (Å²) in [5, 5.41) is 20.9. The molecule has 3 atom stereocenters. The highest BCUT2D eigenvalue weighted by Crippen LogP contribution is 2.05. The molecule has 4 nitrogen and oxygen atoms in total. The van der Waals surface area contributed by atoms with Crippen LogP contribution in [0.5, 0.6) is 0 Å². The Bertz CT molecular complexity index is 99.0. The number of hydrogen-bond acceptors (Lipinski definition) is 4. The van der Waals surface area contributed by atoms with Crippen molar-refractivity contribution >= 4 is 0 Å². The topological polar surface area (TPSA) is 78.5 Å². The fraction of sp³-hybridized carbons (Fsp3) is 1.00. The summed E-state index contributed by atoms with van der Waals surface area (Å²) in [5.74, 6) is 0. The third kappa shape index (κ3) is 1.21. The highest BCUT2D eigenvalue weighted by molar-refractivity contribution is 4.90. The second-order valence-corrected chi connectivity index (χ2v) is 2.31. The second-order valence-electron chi connectivity index (χ2n) is 2.31. The van der Waals surface area contributed by atoms with Crippen molar-refractivity contribution in [2.45, 2.75) is 18.2 Å². The van der Waals surface area contributed by atoms with Crippen molar-refractivity contribution < 1.29 is 10.2 Å². The van der Waals surface area contributed by atoms with Gasteiger partial charge < -0.3 is 21.3 Å². The summed E-state index contributed by atoms with van der Waals surface area (Å²) in [7, 11) is 0. The molecule has 0 aliphatic carbocycles. The molecule has 4 heteroatoms. The van der Waals surface area contributed by atoms with Crippen molar-refractivity contribution in [1.29, 1.82) is 0 Å². The first-order chi connectivity index (χ1) is 4.25. The predicted molar refractivity (Wildman–Crippen MR) is 32.9 cm³/mol. The van der Waals surface area contributed by atoms with Gasteiger partial charge in [0.05, 0.1) is 12.2 Å². The zero-order valence-electron chi connectivity index (χ0n) is 5.12. The number of aliphatic hydroxyl groups excluding tert-OH is 2. The van der Waals surface area contributed by atoms with Crippen molar-refractivity contribution in [2.24, 2.45) is 5.73 Å². The van der Waals surface area contributed by atoms with E-state index in [1.807, 2.05) is 0 Å². The molecule has 1 aliphatic rings. The van der Waals surface area contributed by atoms with Crippen LogP contribution in [0.4, 0.5) is 0 Å². The minimum Gasteiger partial charge on any atom is -0.389 e. The molecular formula is C5H12N2O2. The molecule has 54 valence electrons. The van der Waals surface area contributed by atoms with Gasteiger partial charge in [0, 0.05) is 19.1 Å². The summed E-state index contributed by atoms with van der Waals surface area (Å²) in [4.78, 5) is 0. The lowest BCUT2D eigenvalue weighted by molar-refractivity contribution is 0.0421. The molecule has 0 radical (unpaired) electrons. The number of hydrogen-bond donors (Lipinski definition) is 4. The molecule has 1 rings (SSSR count). The highest BCUT2D eigenvalue weighted by Gasteiger charge is 2.31. The fourth-order valence-electron chi connectivity index (χ4n) is 1.00. The summed E-state index contributed by atoms with van der Waals surface area (Å²) in [5.41, 5.74) is 5.25. The summed E-state index contributed by atoms with van der Waals surface area (Å²) in [6.07, 6.45) is -1.33. The Balaban J connectivity index is 2.41. The van der Waals surface area contributed by atoms with E-state index in [1.165, 1.54) is 0 Å². The number of nitrogens with two attached hydrogens (primary N) is 1. The summed E-state index contributed by atoms with van der Waals surface area (Å²) < 4.78 is 0. The van der Waals surface area contributed by atoms with Gasteiger partial charge in [-0.25, -0.2) is 0 Å². The SMILES string of the molecule is NC[C@@H]1NC[C@@H](O)[C@H]1O. The largest absolute Gasteiger partial charge is 0.389 e. The van der Waals surface area contributed by atoms with Crippen LogP contribution in [0.25, 0.3) is 0 Å². The predicted octanol–water partition coefficient (Wildman–Crippen LogP) is -2.36. The molecule has 9 heavy (non-hydrogen) atoms. The molecule has 1 aliphatic heterocycles. The Morgan fingerprint density at radius 2 is 2.22 bits per heavy atom. The maximum Gasteiger partial charge on any atom is 0.0976 e. The Morgan fingerprint density at radius 3 is 2.44 bits per heavy atom. The molecule has 0 aromatic carbocycles. The van der Waals surface area contributed by atoms with Gasteiger partial charge in [-0.05, 0) is 0 Å². The Morgan fingerprint density at radius 1 is 1.56 bits per heavy atom. The number of aliphatic hydroxyl groups is 2. The van der Waals surface area contributed by atoms with E-state index in [4.69, 9.17) is 15.9 Å². The quantitative estimate of drug-likeness (QED) is 0.322. The van der Waals surface area contributed by atoms with Crippen molar-refractivity contribution in [3.05, 3.63) is 0 Å². The van der Waals surface area contributed by atoms with Gasteiger partial charge in [-0.2, -0.15) is 0 Å². The van der Waals surface area contributed by atoms with E-state index in [0.717, 1.165) is 0 Å². The van der Waals surface area contributed by atoms with E-state index < -0.39 is 12.2 Å². The van der Waals surface area contributed by atoms with Crippen LogP contribution in [0.3, 0.4) is 0 Å². The summed E-state index contributed by atoms with van der Waals surface area (Å²) in [6, 6.07) is -0.125. The molecule has 1 saturated heterocycles. The molecule has 5 N–H and O–H groups in total. The molecule has 0 saturated carbocycles. The minimum atomic E-state index is -0.685. The summed E-state index contributed by atoms with van der Waals surface area (Å²) >= 11 is 0. The molecule has 0 unspecified atom stereocenters. The van der Waals surface area contributed by atoms with Crippen LogP contribution in [0.1, 0.15) is 0 Å². The maximum atomic E-state index is 9.06. The van der Waals surface area contributed by atoms with Gasteiger partial charge in [-0.1, -0.05) is 0 Å². The second kappa shape index (κ2) is 2.62. The Labute approximate surface area is 53.7 Å². The Kier molecular flexibility index (Phi) is 2.02. The maximum absolute atomic E-state index is 9.06. The van der Waals surface area contributed by atoms with Crippen molar-refractivity contribution in [2.75, 3.05) is 13.1 Å². The van der Waals surface area contributed by atoms with Crippen molar-refractivity contribution in [1.82, 2.24) is 5.32 Å². The fourth-order valence-corrected chi connectivity index (χ4v) is 1.00. The van der Waals surface area contributed by atoms with Crippen molar-refractivity contribution in [3.8, 4) is 0 Å². The van der Waals surface area contributed by atoms with Gasteiger partial charge in [-0.3, -0.25) is 0 Å². The standard InChI is InChI=1S/C5H12N2O2/c6-1-3-5(9)4(8)2-7-3/h3-5,7-9H,1-2,6H2/t3-,4+,5-/m0/s1. The number of β-amino-alcohol motifs (C(OH)–C–C–N with tert-alkyl or cyclic N) is 1. The monoisotopic (exact) mass is 132 g/mol. The van der Waals surface area contributed by atoms with Crippen LogP contribution in [-0.4, -0.2) is 41.6 Å². The van der Waals surface area contributed by atoms with E-state index in [-0.39, 0.29) is 6.04 Å². The summed E-state index contributed by atoms with van der Waals surface area (Å²) in [6.45, 7) is 0.821. The van der Waals surface area contributed by atoms with E-state index in [1.54, 1.807) is 0 Å². The molecule has 0 aromatic heterocycles. The van der Waals surface area contributed by atoms with Gasteiger partial charge in [0.15, 0.2) is 0 Å². The van der Waals surface area contributed by atoms with Crippen LogP contribution in [-0.2, 0) is 0 Å². The third-order valence-electron chi connectivity index (χ3n) is 1.65. The molecule has 0 amide bonds. The first-order valence-corrected chi connectivity index (χ1v) is 3.05. The smallest absolute Gasteiger partial charge is 0.0976 e. The third-order valence-corrected chi connectivity index (χ3v) is 1.65. The van der Waals surface area contributed by atoms with Gasteiger partial charge >= 0.3 is 0 Å².